The summed E-state index contributed by atoms with van der Waals surface area (Å²) in [6, 6.07) is 14.0. The Morgan fingerprint density at radius 2 is 1.73 bits per heavy atom. The van der Waals surface area contributed by atoms with Crippen molar-refractivity contribution in [2.24, 2.45) is 0 Å². The molecular weight excluding hydrogens is 402 g/mol. The summed E-state index contributed by atoms with van der Waals surface area (Å²) in [6.45, 7) is 4.94. The van der Waals surface area contributed by atoms with E-state index in [2.05, 4.69) is 4.98 Å². The van der Waals surface area contributed by atoms with Gasteiger partial charge in [0.05, 0.1) is 23.6 Å². The van der Waals surface area contributed by atoms with E-state index in [-0.39, 0.29) is 24.7 Å². The van der Waals surface area contributed by atoms with E-state index in [1.165, 1.54) is 11.8 Å². The molecule has 0 aliphatic carbocycles. The number of hydrogen-bond acceptors (Lipinski definition) is 6. The van der Waals surface area contributed by atoms with Crippen molar-refractivity contribution in [3.8, 4) is 0 Å². The molecule has 1 heterocycles. The molecule has 0 atom stereocenters. The second-order valence-electron chi connectivity index (χ2n) is 6.73. The summed E-state index contributed by atoms with van der Waals surface area (Å²) in [4.78, 5) is 40.5. The highest BCUT2D eigenvalue weighted by molar-refractivity contribution is 8.00. The molecule has 0 amide bonds. The molecule has 3 aromatic rings. The first kappa shape index (κ1) is 21.6. The number of carbonyl (C=O) groups excluding carboxylic acids is 3. The fraction of sp³-hybridized carbons (Fsp3) is 0.261. The highest BCUT2D eigenvalue weighted by Gasteiger charge is 2.23. The Hall–Kier alpha value is -3.06. The number of carbonyl (C=O) groups is 3. The van der Waals surface area contributed by atoms with Crippen LogP contribution in [0.3, 0.4) is 0 Å². The third-order valence-electron chi connectivity index (χ3n) is 4.64. The molecule has 30 heavy (non-hydrogen) atoms. The van der Waals surface area contributed by atoms with Gasteiger partial charge in [0.1, 0.15) is 0 Å². The first-order valence-corrected chi connectivity index (χ1v) is 10.6. The molecule has 0 saturated heterocycles. The lowest BCUT2D eigenvalue weighted by Gasteiger charge is -2.06. The van der Waals surface area contributed by atoms with Crippen molar-refractivity contribution < 1.29 is 23.9 Å². The summed E-state index contributed by atoms with van der Waals surface area (Å²) < 4.78 is 10.2. The zero-order valence-electron chi connectivity index (χ0n) is 17.1. The Balaban J connectivity index is 1.56. The lowest BCUT2D eigenvalue weighted by Crippen LogP contribution is -2.16. The molecule has 156 valence electrons. The number of ketones is 1. The maximum Gasteiger partial charge on any atom is 0.340 e. The van der Waals surface area contributed by atoms with Crippen LogP contribution in [0, 0.1) is 13.8 Å². The summed E-state index contributed by atoms with van der Waals surface area (Å²) in [5.74, 6) is -1.25. The van der Waals surface area contributed by atoms with Gasteiger partial charge in [-0.1, -0.05) is 30.3 Å². The lowest BCUT2D eigenvalue weighted by atomic mass is 10.1. The van der Waals surface area contributed by atoms with Gasteiger partial charge in [-0.15, -0.1) is 11.8 Å². The molecule has 0 radical (unpaired) electrons. The molecule has 6 nitrogen and oxygen atoms in total. The number of thioether (sulfide) groups is 1. The maximum absolute atomic E-state index is 12.5. The van der Waals surface area contributed by atoms with Crippen LogP contribution in [0.2, 0.25) is 0 Å². The smallest absolute Gasteiger partial charge is 0.340 e. The molecule has 7 heteroatoms. The van der Waals surface area contributed by atoms with E-state index in [9.17, 15) is 14.4 Å². The Morgan fingerprint density at radius 1 is 1.00 bits per heavy atom. The van der Waals surface area contributed by atoms with Gasteiger partial charge in [-0.3, -0.25) is 9.59 Å². The van der Waals surface area contributed by atoms with E-state index in [1.54, 1.807) is 20.8 Å². The van der Waals surface area contributed by atoms with Crippen molar-refractivity contribution in [3.63, 3.8) is 0 Å². The van der Waals surface area contributed by atoms with E-state index in [0.29, 0.717) is 16.8 Å². The van der Waals surface area contributed by atoms with Crippen LogP contribution in [0.1, 0.15) is 39.0 Å². The number of aromatic nitrogens is 1. The fourth-order valence-electron chi connectivity index (χ4n) is 3.20. The SMILES string of the molecule is CCOC(=O)c1c(C)[nH]c(C(=O)COC(=O)CSc2ccc3ccccc3c2)c1C. The molecule has 0 aliphatic heterocycles. The number of hydrogen-bond donors (Lipinski definition) is 1. The van der Waals surface area contributed by atoms with E-state index in [1.807, 2.05) is 42.5 Å². The maximum atomic E-state index is 12.5. The van der Waals surface area contributed by atoms with Crippen LogP contribution >= 0.6 is 11.8 Å². The average molecular weight is 426 g/mol. The minimum Gasteiger partial charge on any atom is -0.462 e. The average Bonchev–Trinajstić information content (AvgIpc) is 3.04. The molecule has 1 N–H and O–H groups in total. The number of benzene rings is 2. The highest BCUT2D eigenvalue weighted by atomic mass is 32.2. The van der Waals surface area contributed by atoms with Crippen molar-refractivity contribution in [2.75, 3.05) is 19.0 Å². The number of aromatic amines is 1. The van der Waals surface area contributed by atoms with E-state index < -0.39 is 17.7 Å². The third kappa shape index (κ3) is 4.91. The largest absolute Gasteiger partial charge is 0.462 e. The summed E-state index contributed by atoms with van der Waals surface area (Å²) in [5.41, 5.74) is 1.65. The highest BCUT2D eigenvalue weighted by Crippen LogP contribution is 2.24. The van der Waals surface area contributed by atoms with Crippen LogP contribution in [0.25, 0.3) is 10.8 Å². The standard InChI is InChI=1S/C23H23NO5S/c1-4-28-23(27)21-14(2)22(24-15(21)3)19(25)12-29-20(26)13-30-18-10-9-16-7-5-6-8-17(16)11-18/h5-11,24H,4,12-13H2,1-3H3. The molecule has 3 rings (SSSR count). The number of rotatable bonds is 8. The second kappa shape index (κ2) is 9.63. The number of fused-ring (bicyclic) bond motifs is 1. The van der Waals surface area contributed by atoms with E-state index in [4.69, 9.17) is 9.47 Å². The fourth-order valence-corrected chi connectivity index (χ4v) is 3.94. The minimum atomic E-state index is -0.480. The van der Waals surface area contributed by atoms with Gasteiger partial charge in [-0.2, -0.15) is 0 Å². The number of aryl methyl sites for hydroxylation is 1. The minimum absolute atomic E-state index is 0.0996. The Morgan fingerprint density at radius 3 is 2.47 bits per heavy atom. The zero-order chi connectivity index (χ0) is 21.7. The molecule has 1 aromatic heterocycles. The van der Waals surface area contributed by atoms with E-state index >= 15 is 0 Å². The van der Waals surface area contributed by atoms with Gasteiger partial charge < -0.3 is 14.5 Å². The second-order valence-corrected chi connectivity index (χ2v) is 7.78. The van der Waals surface area contributed by atoms with Crippen LogP contribution in [0.5, 0.6) is 0 Å². The van der Waals surface area contributed by atoms with Gasteiger partial charge in [0, 0.05) is 10.6 Å². The molecule has 0 fully saturated rings. The van der Waals surface area contributed by atoms with Gasteiger partial charge in [0.2, 0.25) is 5.78 Å². The molecule has 2 aromatic carbocycles. The monoisotopic (exact) mass is 425 g/mol. The zero-order valence-corrected chi connectivity index (χ0v) is 17.9. The summed E-state index contributed by atoms with van der Waals surface area (Å²) >= 11 is 1.36. The molecule has 0 unspecified atom stereocenters. The van der Waals surface area contributed by atoms with Crippen LogP contribution in [0.4, 0.5) is 0 Å². The Labute approximate surface area is 178 Å². The van der Waals surface area contributed by atoms with Crippen LogP contribution in [-0.4, -0.2) is 41.7 Å². The predicted molar refractivity (Wildman–Crippen MR) is 116 cm³/mol. The number of nitrogens with one attached hydrogen (secondary N) is 1. The molecule has 0 spiro atoms. The van der Waals surface area contributed by atoms with Gasteiger partial charge in [0.15, 0.2) is 6.61 Å². The van der Waals surface area contributed by atoms with Gasteiger partial charge in [-0.25, -0.2) is 4.79 Å². The molecule has 0 aliphatic rings. The summed E-state index contributed by atoms with van der Waals surface area (Å²) in [7, 11) is 0. The van der Waals surface area contributed by atoms with Crippen molar-refractivity contribution >= 4 is 40.3 Å². The Bertz CT molecular complexity index is 1100. The van der Waals surface area contributed by atoms with Crippen molar-refractivity contribution in [3.05, 3.63) is 65.0 Å². The van der Waals surface area contributed by atoms with E-state index in [0.717, 1.165) is 15.7 Å². The number of ether oxygens (including phenoxy) is 2. The topological polar surface area (TPSA) is 85.5 Å². The molecule has 0 saturated carbocycles. The van der Waals surface area contributed by atoms with Gasteiger partial charge in [0.25, 0.3) is 0 Å². The number of H-pyrrole nitrogens is 1. The van der Waals surface area contributed by atoms with Gasteiger partial charge >= 0.3 is 11.9 Å². The normalized spacial score (nSPS) is 10.8. The van der Waals surface area contributed by atoms with Crippen molar-refractivity contribution in [1.82, 2.24) is 4.98 Å². The molecule has 0 bridgehead atoms. The quantitative estimate of drug-likeness (QED) is 0.325. The van der Waals surface area contributed by atoms with Crippen LogP contribution in [0.15, 0.2) is 47.4 Å². The summed E-state index contributed by atoms with van der Waals surface area (Å²) in [6.07, 6.45) is 0. The third-order valence-corrected chi connectivity index (χ3v) is 5.61. The Kier molecular flexibility index (Phi) is 6.95. The van der Waals surface area contributed by atoms with Crippen LogP contribution in [-0.2, 0) is 14.3 Å². The van der Waals surface area contributed by atoms with Crippen LogP contribution < -0.4 is 0 Å². The number of Topliss-reactive ketones (excluding diaryl/α,β-unsaturated/α-hetero) is 1. The first-order chi connectivity index (χ1) is 14.4. The summed E-state index contributed by atoms with van der Waals surface area (Å²) in [5, 5.41) is 2.23. The van der Waals surface area contributed by atoms with Crippen molar-refractivity contribution in [1.29, 1.82) is 0 Å². The van der Waals surface area contributed by atoms with Gasteiger partial charge in [-0.05, 0) is 49.2 Å². The first-order valence-electron chi connectivity index (χ1n) is 9.57. The number of esters is 2. The lowest BCUT2D eigenvalue weighted by molar-refractivity contribution is -0.139. The predicted octanol–water partition coefficient (Wildman–Crippen LogP) is 4.48. The molecular formula is C23H23NO5S. The van der Waals surface area contributed by atoms with Crippen molar-refractivity contribution in [2.45, 2.75) is 25.7 Å².